The molecule has 2 heterocycles. The van der Waals surface area contributed by atoms with E-state index < -0.39 is 23.6 Å². The summed E-state index contributed by atoms with van der Waals surface area (Å²) in [6.07, 6.45) is 3.88. The largest absolute Gasteiger partial charge is 0.393 e. The van der Waals surface area contributed by atoms with Gasteiger partial charge in [-0.3, -0.25) is 0 Å². The summed E-state index contributed by atoms with van der Waals surface area (Å²) >= 11 is 0. The molecule has 0 aromatic carbocycles. The highest BCUT2D eigenvalue weighted by Gasteiger charge is 2.73. The van der Waals surface area contributed by atoms with Gasteiger partial charge in [0, 0.05) is 11.8 Å². The molecule has 0 amide bonds. The van der Waals surface area contributed by atoms with Crippen molar-refractivity contribution in [2.75, 3.05) is 6.61 Å². The summed E-state index contributed by atoms with van der Waals surface area (Å²) in [5.41, 5.74) is 0.955. The van der Waals surface area contributed by atoms with Crippen LogP contribution >= 0.6 is 0 Å². The number of aliphatic hydroxyl groups is 4. The van der Waals surface area contributed by atoms with Crippen LogP contribution in [-0.4, -0.2) is 62.8 Å². The van der Waals surface area contributed by atoms with Gasteiger partial charge in [0.15, 0.2) is 5.79 Å². The monoisotopic (exact) mass is 504 g/mol. The smallest absolute Gasteiger partial charge is 0.198 e. The van der Waals surface area contributed by atoms with E-state index in [0.29, 0.717) is 18.8 Å². The summed E-state index contributed by atoms with van der Waals surface area (Å²) < 4.78 is 12.7. The van der Waals surface area contributed by atoms with Gasteiger partial charge in [0.1, 0.15) is 11.7 Å². The summed E-state index contributed by atoms with van der Waals surface area (Å²) in [6.45, 7) is 15.4. The van der Waals surface area contributed by atoms with Crippen molar-refractivity contribution >= 4 is 0 Å². The van der Waals surface area contributed by atoms with Gasteiger partial charge in [-0.05, 0) is 79.4 Å². The maximum absolute atomic E-state index is 12.0. The predicted molar refractivity (Wildman–Crippen MR) is 136 cm³/mol. The van der Waals surface area contributed by atoms with Crippen molar-refractivity contribution in [3.05, 3.63) is 11.1 Å². The van der Waals surface area contributed by atoms with E-state index in [-0.39, 0.29) is 52.3 Å². The van der Waals surface area contributed by atoms with Crippen LogP contribution in [0.3, 0.4) is 0 Å². The van der Waals surface area contributed by atoms with Crippen LogP contribution in [0.1, 0.15) is 93.4 Å². The SMILES string of the molecule is C[C@@H]1C[C@]2(OC[C@](C)(O)[C@H]2O)O[C@H]2C[C@@]3(C)C4=C(C[C@@H](O)[C@]3(C)[C@@H]12)[C@@]1(C)CC[C@H](O)C(C)(C)[C@@H]1CC4. The van der Waals surface area contributed by atoms with E-state index in [1.807, 2.05) is 0 Å². The fourth-order valence-corrected chi connectivity index (χ4v) is 10.9. The van der Waals surface area contributed by atoms with Gasteiger partial charge in [0.05, 0.1) is 24.9 Å². The molecule has 4 aliphatic carbocycles. The second kappa shape index (κ2) is 7.37. The predicted octanol–water partition coefficient (Wildman–Crippen LogP) is 3.94. The Bertz CT molecular complexity index is 988. The van der Waals surface area contributed by atoms with Crippen LogP contribution in [0.5, 0.6) is 0 Å². The summed E-state index contributed by atoms with van der Waals surface area (Å²) in [7, 11) is 0. The van der Waals surface area contributed by atoms with Gasteiger partial charge in [-0.2, -0.15) is 0 Å². The summed E-state index contributed by atoms with van der Waals surface area (Å²) in [5, 5.41) is 44.6. The molecule has 12 atom stereocenters. The fraction of sp³-hybridized carbons (Fsp3) is 0.933. The van der Waals surface area contributed by atoms with E-state index >= 15 is 0 Å². The zero-order chi connectivity index (χ0) is 26.3. The lowest BCUT2D eigenvalue weighted by Gasteiger charge is -2.63. The van der Waals surface area contributed by atoms with Gasteiger partial charge in [0.2, 0.25) is 0 Å². The highest BCUT2D eigenvalue weighted by Crippen LogP contribution is 2.74. The first-order chi connectivity index (χ1) is 16.5. The lowest BCUT2D eigenvalue weighted by atomic mass is 9.42. The van der Waals surface area contributed by atoms with E-state index in [0.717, 1.165) is 32.1 Å². The van der Waals surface area contributed by atoms with E-state index in [1.165, 1.54) is 11.1 Å². The summed E-state index contributed by atoms with van der Waals surface area (Å²) in [4.78, 5) is 0. The molecule has 6 rings (SSSR count). The molecular weight excluding hydrogens is 456 g/mol. The quantitative estimate of drug-likeness (QED) is 0.373. The Kier molecular flexibility index (Phi) is 5.27. The third-order valence-electron chi connectivity index (χ3n) is 13.0. The molecule has 204 valence electrons. The molecule has 4 N–H and O–H groups in total. The maximum Gasteiger partial charge on any atom is 0.198 e. The molecule has 0 aromatic rings. The Hall–Kier alpha value is -0.500. The lowest BCUT2D eigenvalue weighted by molar-refractivity contribution is -0.314. The first-order valence-corrected chi connectivity index (χ1v) is 14.4. The maximum atomic E-state index is 12.0. The minimum Gasteiger partial charge on any atom is -0.393 e. The van der Waals surface area contributed by atoms with Gasteiger partial charge in [-0.1, -0.05) is 52.7 Å². The van der Waals surface area contributed by atoms with Crippen molar-refractivity contribution in [3.63, 3.8) is 0 Å². The minimum absolute atomic E-state index is 0.00739. The minimum atomic E-state index is -1.33. The van der Waals surface area contributed by atoms with Crippen molar-refractivity contribution in [1.82, 2.24) is 0 Å². The highest BCUT2D eigenvalue weighted by atomic mass is 16.7. The Balaban J connectivity index is 1.42. The molecule has 0 aromatic heterocycles. The molecule has 4 fully saturated rings. The van der Waals surface area contributed by atoms with E-state index in [9.17, 15) is 20.4 Å². The standard InChI is InChI=1S/C30H48O6/c1-16-13-30(24(33)28(6,34)15-35-30)36-19-14-27(5)17-8-9-20-25(2,3)21(31)10-11-26(20,4)18(17)12-22(32)29(27,7)23(16)19/h16,19-24,31-34H,8-15H2,1-7H3/t16-,19+,20+,21+,22-,23+,24-,26-,27+,28+,29-,30+/m1/s1. The van der Waals surface area contributed by atoms with Gasteiger partial charge >= 0.3 is 0 Å². The topological polar surface area (TPSA) is 99.4 Å². The number of aliphatic hydroxyl groups excluding tert-OH is 3. The molecule has 2 aliphatic heterocycles. The zero-order valence-corrected chi connectivity index (χ0v) is 23.3. The number of ether oxygens (including phenoxy) is 2. The number of rotatable bonds is 0. The average Bonchev–Trinajstić information content (AvgIpc) is 3.15. The normalized spacial score (nSPS) is 59.9. The molecule has 2 saturated carbocycles. The van der Waals surface area contributed by atoms with E-state index in [1.54, 1.807) is 6.92 Å². The van der Waals surface area contributed by atoms with Crippen LogP contribution in [0.2, 0.25) is 0 Å². The molecule has 0 radical (unpaired) electrons. The highest BCUT2D eigenvalue weighted by molar-refractivity contribution is 5.41. The lowest BCUT2D eigenvalue weighted by Crippen LogP contribution is -2.61. The molecule has 0 bridgehead atoms. The molecule has 1 spiro atoms. The Morgan fingerprint density at radius 1 is 0.889 bits per heavy atom. The first kappa shape index (κ1) is 25.8. The summed E-state index contributed by atoms with van der Waals surface area (Å²) in [5.74, 6) is -0.459. The van der Waals surface area contributed by atoms with Gasteiger partial charge in [0.25, 0.3) is 0 Å². The van der Waals surface area contributed by atoms with Gasteiger partial charge < -0.3 is 29.9 Å². The molecule has 6 aliphatic rings. The van der Waals surface area contributed by atoms with Crippen LogP contribution in [0.4, 0.5) is 0 Å². The third kappa shape index (κ3) is 2.85. The van der Waals surface area contributed by atoms with Crippen LogP contribution in [0.25, 0.3) is 0 Å². The number of hydrogen-bond donors (Lipinski definition) is 4. The van der Waals surface area contributed by atoms with Crippen molar-refractivity contribution in [3.8, 4) is 0 Å². The second-order valence-corrected chi connectivity index (χ2v) is 15.1. The molecule has 6 heteroatoms. The fourth-order valence-electron chi connectivity index (χ4n) is 10.9. The van der Waals surface area contributed by atoms with Crippen molar-refractivity contribution < 1.29 is 29.9 Å². The van der Waals surface area contributed by atoms with Crippen molar-refractivity contribution in [1.29, 1.82) is 0 Å². The van der Waals surface area contributed by atoms with Crippen molar-refractivity contribution in [2.45, 2.75) is 129 Å². The third-order valence-corrected chi connectivity index (χ3v) is 13.0. The molecule has 6 nitrogen and oxygen atoms in total. The molecule has 0 unspecified atom stereocenters. The van der Waals surface area contributed by atoms with Crippen LogP contribution in [-0.2, 0) is 9.47 Å². The number of allylic oxidation sites excluding steroid dienone is 1. The Morgan fingerprint density at radius 3 is 2.22 bits per heavy atom. The summed E-state index contributed by atoms with van der Waals surface area (Å²) in [6, 6.07) is 0. The average molecular weight is 505 g/mol. The zero-order valence-electron chi connectivity index (χ0n) is 23.3. The molecule has 2 saturated heterocycles. The number of fused-ring (bicyclic) bond motifs is 6. The Morgan fingerprint density at radius 2 is 1.58 bits per heavy atom. The number of hydrogen-bond acceptors (Lipinski definition) is 6. The van der Waals surface area contributed by atoms with Crippen LogP contribution < -0.4 is 0 Å². The van der Waals surface area contributed by atoms with Crippen LogP contribution in [0, 0.1) is 39.4 Å². The second-order valence-electron chi connectivity index (χ2n) is 15.1. The van der Waals surface area contributed by atoms with Gasteiger partial charge in [-0.25, -0.2) is 0 Å². The van der Waals surface area contributed by atoms with Gasteiger partial charge in [-0.15, -0.1) is 0 Å². The first-order valence-electron chi connectivity index (χ1n) is 14.4. The molecule has 36 heavy (non-hydrogen) atoms. The van der Waals surface area contributed by atoms with E-state index in [4.69, 9.17) is 9.47 Å². The Labute approximate surface area is 216 Å². The van der Waals surface area contributed by atoms with E-state index in [2.05, 4.69) is 41.5 Å². The van der Waals surface area contributed by atoms with Crippen molar-refractivity contribution in [2.24, 2.45) is 39.4 Å². The molecular formula is C30H48O6. The van der Waals surface area contributed by atoms with Crippen LogP contribution in [0.15, 0.2) is 11.1 Å².